The van der Waals surface area contributed by atoms with E-state index in [0.29, 0.717) is 33.2 Å². The SMILES string of the molecule is NC(=Nc1ccc(Cl)c(-c2nc3ccccc3[nH]2)c1)c1ccc(C(=O)NO)cc1. The molecule has 0 unspecified atom stereocenters. The molecule has 5 N–H and O–H groups in total. The third-order valence-electron chi connectivity index (χ3n) is 4.39. The number of H-pyrrole nitrogens is 1. The van der Waals surface area contributed by atoms with Crippen molar-refractivity contribution in [2.24, 2.45) is 10.7 Å². The quantitative estimate of drug-likeness (QED) is 0.177. The van der Waals surface area contributed by atoms with Gasteiger partial charge in [-0.05, 0) is 42.5 Å². The Morgan fingerprint density at radius 2 is 1.79 bits per heavy atom. The second kappa shape index (κ2) is 7.75. The van der Waals surface area contributed by atoms with Gasteiger partial charge in [0.15, 0.2) is 0 Å². The summed E-state index contributed by atoms with van der Waals surface area (Å²) in [5, 5.41) is 9.23. The Morgan fingerprint density at radius 3 is 2.52 bits per heavy atom. The molecule has 0 aliphatic carbocycles. The highest BCUT2D eigenvalue weighted by molar-refractivity contribution is 6.33. The number of rotatable bonds is 4. The monoisotopic (exact) mass is 405 g/mol. The lowest BCUT2D eigenvalue weighted by Crippen LogP contribution is -2.19. The van der Waals surface area contributed by atoms with Gasteiger partial charge in [0.25, 0.3) is 5.91 Å². The molecule has 0 bridgehead atoms. The maximum Gasteiger partial charge on any atom is 0.274 e. The molecule has 1 aromatic heterocycles. The Bertz CT molecular complexity index is 1200. The number of nitrogens with one attached hydrogen (secondary N) is 2. The Morgan fingerprint density at radius 1 is 1.07 bits per heavy atom. The normalized spacial score (nSPS) is 11.6. The van der Waals surface area contributed by atoms with E-state index in [1.54, 1.807) is 47.9 Å². The van der Waals surface area contributed by atoms with Gasteiger partial charge in [0, 0.05) is 16.7 Å². The molecule has 0 aliphatic rings. The summed E-state index contributed by atoms with van der Waals surface area (Å²) in [6.07, 6.45) is 0. The van der Waals surface area contributed by atoms with Crippen LogP contribution in [-0.2, 0) is 0 Å². The summed E-state index contributed by atoms with van der Waals surface area (Å²) in [5.41, 5.74) is 11.7. The van der Waals surface area contributed by atoms with Crippen LogP contribution in [0.4, 0.5) is 5.69 Å². The molecular formula is C21H16ClN5O2. The van der Waals surface area contributed by atoms with Crippen molar-refractivity contribution in [1.29, 1.82) is 0 Å². The Labute approximate surface area is 170 Å². The molecule has 0 spiro atoms. The largest absolute Gasteiger partial charge is 0.383 e. The summed E-state index contributed by atoms with van der Waals surface area (Å²) < 4.78 is 0. The van der Waals surface area contributed by atoms with E-state index in [2.05, 4.69) is 15.0 Å². The number of carbonyl (C=O) groups excluding carboxylic acids is 1. The van der Waals surface area contributed by atoms with Gasteiger partial charge in [-0.15, -0.1) is 0 Å². The number of hydrogen-bond donors (Lipinski definition) is 4. The number of benzene rings is 3. The molecular weight excluding hydrogens is 390 g/mol. The van der Waals surface area contributed by atoms with Crippen molar-refractivity contribution in [3.63, 3.8) is 0 Å². The van der Waals surface area contributed by atoms with Crippen molar-refractivity contribution in [2.45, 2.75) is 0 Å². The standard InChI is InChI=1S/C21H16ClN5O2/c22-16-10-9-14(11-15(16)20-25-17-3-1-2-4-18(17)26-20)24-19(23)12-5-7-13(8-6-12)21(28)27-29/h1-11,29H,(H2,23,24)(H,25,26)(H,27,28). The van der Waals surface area contributed by atoms with Crippen LogP contribution in [0.5, 0.6) is 0 Å². The van der Waals surface area contributed by atoms with Crippen LogP contribution < -0.4 is 11.2 Å². The van der Waals surface area contributed by atoms with Crippen molar-refractivity contribution >= 4 is 40.1 Å². The van der Waals surface area contributed by atoms with Crippen LogP contribution in [0, 0.1) is 0 Å². The maximum atomic E-state index is 11.4. The van der Waals surface area contributed by atoms with Crippen LogP contribution >= 0.6 is 11.6 Å². The summed E-state index contributed by atoms with van der Waals surface area (Å²) in [6.45, 7) is 0. The Hall–Kier alpha value is -3.68. The number of para-hydroxylation sites is 2. The van der Waals surface area contributed by atoms with Gasteiger partial charge >= 0.3 is 0 Å². The molecule has 29 heavy (non-hydrogen) atoms. The molecule has 1 heterocycles. The van der Waals surface area contributed by atoms with Gasteiger partial charge in [-0.2, -0.15) is 0 Å². The first-order valence-electron chi connectivity index (χ1n) is 8.69. The van der Waals surface area contributed by atoms with Crippen LogP contribution in [0.2, 0.25) is 5.02 Å². The predicted octanol–water partition coefficient (Wildman–Crippen LogP) is 4.04. The first-order valence-corrected chi connectivity index (χ1v) is 9.06. The van der Waals surface area contributed by atoms with E-state index < -0.39 is 5.91 Å². The molecule has 3 aromatic carbocycles. The molecule has 1 amide bonds. The number of hydrogen-bond acceptors (Lipinski definition) is 4. The van der Waals surface area contributed by atoms with Crippen molar-refractivity contribution in [2.75, 3.05) is 0 Å². The molecule has 0 fully saturated rings. The highest BCUT2D eigenvalue weighted by Crippen LogP contribution is 2.31. The number of aliphatic imine (C=N–C) groups is 1. The number of aromatic nitrogens is 2. The number of nitrogens with zero attached hydrogens (tertiary/aromatic N) is 2. The number of carbonyl (C=O) groups is 1. The third kappa shape index (κ3) is 3.82. The van der Waals surface area contributed by atoms with E-state index in [9.17, 15) is 4.79 Å². The predicted molar refractivity (Wildman–Crippen MR) is 113 cm³/mol. The van der Waals surface area contributed by atoms with Gasteiger partial charge < -0.3 is 10.7 Å². The van der Waals surface area contributed by atoms with Gasteiger partial charge in [-0.1, -0.05) is 35.9 Å². The highest BCUT2D eigenvalue weighted by atomic mass is 35.5. The van der Waals surface area contributed by atoms with E-state index in [4.69, 9.17) is 22.5 Å². The van der Waals surface area contributed by atoms with Crippen LogP contribution in [0.3, 0.4) is 0 Å². The number of nitrogens with two attached hydrogens (primary N) is 1. The molecule has 144 valence electrons. The molecule has 4 aromatic rings. The summed E-state index contributed by atoms with van der Waals surface area (Å²) in [7, 11) is 0. The average molecular weight is 406 g/mol. The zero-order valence-electron chi connectivity index (χ0n) is 15.1. The number of amides is 1. The lowest BCUT2D eigenvalue weighted by atomic mass is 10.1. The van der Waals surface area contributed by atoms with Gasteiger partial charge in [0.05, 0.1) is 21.7 Å². The van der Waals surface area contributed by atoms with Crippen molar-refractivity contribution in [1.82, 2.24) is 15.4 Å². The lowest BCUT2D eigenvalue weighted by molar-refractivity contribution is 0.0706. The summed E-state index contributed by atoms with van der Waals surface area (Å²) in [6, 6.07) is 19.4. The minimum absolute atomic E-state index is 0.277. The van der Waals surface area contributed by atoms with E-state index in [1.165, 1.54) is 0 Å². The number of amidine groups is 1. The summed E-state index contributed by atoms with van der Waals surface area (Å²) in [5.74, 6) is 0.324. The third-order valence-corrected chi connectivity index (χ3v) is 4.72. The lowest BCUT2D eigenvalue weighted by Gasteiger charge is -2.05. The summed E-state index contributed by atoms with van der Waals surface area (Å²) >= 11 is 6.37. The highest BCUT2D eigenvalue weighted by Gasteiger charge is 2.11. The topological polar surface area (TPSA) is 116 Å². The van der Waals surface area contributed by atoms with E-state index in [-0.39, 0.29) is 5.84 Å². The van der Waals surface area contributed by atoms with Crippen molar-refractivity contribution < 1.29 is 10.0 Å². The van der Waals surface area contributed by atoms with Gasteiger partial charge in [0.2, 0.25) is 0 Å². The van der Waals surface area contributed by atoms with Crippen molar-refractivity contribution in [3.05, 3.63) is 82.9 Å². The number of hydroxylamine groups is 1. The van der Waals surface area contributed by atoms with Crippen LogP contribution in [0.15, 0.2) is 71.7 Å². The minimum atomic E-state index is -0.597. The first-order chi connectivity index (χ1) is 14.0. The van der Waals surface area contributed by atoms with Gasteiger partial charge in [-0.25, -0.2) is 15.5 Å². The zero-order valence-corrected chi connectivity index (χ0v) is 15.8. The molecule has 0 radical (unpaired) electrons. The van der Waals surface area contributed by atoms with Gasteiger partial charge in [-0.3, -0.25) is 10.0 Å². The molecule has 4 rings (SSSR count). The Kier molecular flexibility index (Phi) is 4.99. The van der Waals surface area contributed by atoms with Gasteiger partial charge in [0.1, 0.15) is 11.7 Å². The first kappa shape index (κ1) is 18.7. The fourth-order valence-corrected chi connectivity index (χ4v) is 3.11. The second-order valence-electron chi connectivity index (χ2n) is 6.28. The number of fused-ring (bicyclic) bond motifs is 1. The Balaban J connectivity index is 1.67. The van der Waals surface area contributed by atoms with Crippen LogP contribution in [-0.4, -0.2) is 26.9 Å². The number of halogens is 1. The minimum Gasteiger partial charge on any atom is -0.383 e. The van der Waals surface area contributed by atoms with Crippen LogP contribution in [0.1, 0.15) is 15.9 Å². The van der Waals surface area contributed by atoms with Crippen LogP contribution in [0.25, 0.3) is 22.4 Å². The summed E-state index contributed by atoms with van der Waals surface area (Å²) in [4.78, 5) is 23.7. The smallest absolute Gasteiger partial charge is 0.274 e. The molecule has 0 atom stereocenters. The fraction of sp³-hybridized carbons (Fsp3) is 0. The zero-order chi connectivity index (χ0) is 20.4. The maximum absolute atomic E-state index is 11.4. The van der Waals surface area contributed by atoms with E-state index in [1.807, 2.05) is 24.3 Å². The van der Waals surface area contributed by atoms with E-state index >= 15 is 0 Å². The molecule has 0 saturated carbocycles. The molecule has 8 heteroatoms. The number of aromatic amines is 1. The molecule has 0 aliphatic heterocycles. The molecule has 0 saturated heterocycles. The number of imidazole rings is 1. The van der Waals surface area contributed by atoms with E-state index in [0.717, 1.165) is 11.0 Å². The van der Waals surface area contributed by atoms with Crippen molar-refractivity contribution in [3.8, 4) is 11.4 Å². The average Bonchev–Trinajstić information content (AvgIpc) is 3.18. The molecule has 7 nitrogen and oxygen atoms in total. The second-order valence-corrected chi connectivity index (χ2v) is 6.69. The fourth-order valence-electron chi connectivity index (χ4n) is 2.91.